The van der Waals surface area contributed by atoms with Gasteiger partial charge in [-0.1, -0.05) is 18.7 Å². The van der Waals surface area contributed by atoms with Crippen molar-refractivity contribution in [1.29, 1.82) is 0 Å². The Labute approximate surface area is 228 Å². The van der Waals surface area contributed by atoms with Crippen molar-refractivity contribution < 1.29 is 9.53 Å². The minimum absolute atomic E-state index is 0.273. The standard InChI is InChI=1S/C29H34N8O2/c1-6-29(38)34-23-14-24(27(39-5)16-26(23)37-11-9-21(10-12-37)35(2)3)33-28-15-22(30-18-31-28)19-7-8-20-17-32-36(4)25(20)13-19/h6-8,13-18,21H,1,9-12H2,2-5H3,(H,34,38)(H,30,31,33). The topological polar surface area (TPSA) is 100 Å². The highest BCUT2D eigenvalue weighted by Crippen LogP contribution is 2.39. The van der Waals surface area contributed by atoms with E-state index in [1.54, 1.807) is 7.11 Å². The third-order valence-corrected chi connectivity index (χ3v) is 7.27. The lowest BCUT2D eigenvalue weighted by atomic mass is 10.0. The zero-order valence-electron chi connectivity index (χ0n) is 22.8. The number of benzene rings is 2. The van der Waals surface area contributed by atoms with Crippen LogP contribution in [0.3, 0.4) is 0 Å². The van der Waals surface area contributed by atoms with Crippen molar-refractivity contribution in [3.05, 3.63) is 61.6 Å². The number of piperidine rings is 1. The maximum atomic E-state index is 12.3. The van der Waals surface area contributed by atoms with E-state index in [2.05, 4.69) is 62.2 Å². The average Bonchev–Trinajstić information content (AvgIpc) is 3.33. The number of aromatic nitrogens is 4. The summed E-state index contributed by atoms with van der Waals surface area (Å²) in [4.78, 5) is 25.8. The lowest BCUT2D eigenvalue weighted by Crippen LogP contribution is -2.42. The fourth-order valence-corrected chi connectivity index (χ4v) is 5.03. The first kappa shape index (κ1) is 26.2. The van der Waals surface area contributed by atoms with Crippen molar-refractivity contribution in [1.82, 2.24) is 24.6 Å². The summed E-state index contributed by atoms with van der Waals surface area (Å²) in [5.41, 5.74) is 5.03. The van der Waals surface area contributed by atoms with Crippen LogP contribution in [0.25, 0.3) is 22.2 Å². The zero-order valence-corrected chi connectivity index (χ0v) is 22.8. The fraction of sp³-hybridized carbons (Fsp3) is 0.310. The van der Waals surface area contributed by atoms with Gasteiger partial charge in [0.1, 0.15) is 17.9 Å². The second-order valence-electron chi connectivity index (χ2n) is 9.90. The van der Waals surface area contributed by atoms with E-state index >= 15 is 0 Å². The molecule has 3 heterocycles. The Morgan fingerprint density at radius 3 is 2.64 bits per heavy atom. The van der Waals surface area contributed by atoms with Gasteiger partial charge in [-0.25, -0.2) is 9.97 Å². The maximum absolute atomic E-state index is 12.3. The largest absolute Gasteiger partial charge is 0.494 e. The van der Waals surface area contributed by atoms with E-state index in [1.165, 1.54) is 12.4 Å². The van der Waals surface area contributed by atoms with Crippen LogP contribution in [0.1, 0.15) is 12.8 Å². The van der Waals surface area contributed by atoms with E-state index in [4.69, 9.17) is 4.74 Å². The maximum Gasteiger partial charge on any atom is 0.247 e. The zero-order chi connectivity index (χ0) is 27.5. The van der Waals surface area contributed by atoms with Gasteiger partial charge in [0.15, 0.2) is 0 Å². The molecule has 1 fully saturated rings. The lowest BCUT2D eigenvalue weighted by molar-refractivity contribution is -0.111. The Morgan fingerprint density at radius 2 is 1.92 bits per heavy atom. The van der Waals surface area contributed by atoms with Crippen LogP contribution in [0.15, 0.2) is 61.6 Å². The lowest BCUT2D eigenvalue weighted by Gasteiger charge is -2.37. The Morgan fingerprint density at radius 1 is 1.13 bits per heavy atom. The Bertz CT molecular complexity index is 1500. The fourth-order valence-electron chi connectivity index (χ4n) is 5.03. The van der Waals surface area contributed by atoms with Gasteiger partial charge >= 0.3 is 0 Å². The summed E-state index contributed by atoms with van der Waals surface area (Å²) in [5, 5.41) is 11.7. The van der Waals surface area contributed by atoms with Crippen molar-refractivity contribution in [3.63, 3.8) is 0 Å². The number of hydrogen-bond acceptors (Lipinski definition) is 8. The molecule has 5 rings (SSSR count). The van der Waals surface area contributed by atoms with Crippen LogP contribution < -0.4 is 20.3 Å². The number of fused-ring (bicyclic) bond motifs is 1. The first-order valence-corrected chi connectivity index (χ1v) is 12.9. The van der Waals surface area contributed by atoms with Gasteiger partial charge in [-0.15, -0.1) is 0 Å². The number of carbonyl (C=O) groups is 1. The molecule has 0 bridgehead atoms. The summed E-state index contributed by atoms with van der Waals surface area (Å²) in [6.07, 6.45) is 6.72. The number of anilines is 4. The first-order valence-electron chi connectivity index (χ1n) is 12.9. The van der Waals surface area contributed by atoms with Crippen molar-refractivity contribution in [3.8, 4) is 17.0 Å². The van der Waals surface area contributed by atoms with Gasteiger partial charge in [0.25, 0.3) is 0 Å². The molecule has 0 spiro atoms. The van der Waals surface area contributed by atoms with Crippen LogP contribution in [0, 0.1) is 0 Å². The molecule has 1 aliphatic rings. The third kappa shape index (κ3) is 5.56. The van der Waals surface area contributed by atoms with Crippen molar-refractivity contribution >= 4 is 39.7 Å². The monoisotopic (exact) mass is 526 g/mol. The number of carbonyl (C=O) groups excluding carboxylic acids is 1. The van der Waals surface area contributed by atoms with Crippen LogP contribution in [-0.4, -0.2) is 70.9 Å². The van der Waals surface area contributed by atoms with E-state index in [-0.39, 0.29) is 5.91 Å². The molecule has 2 aromatic carbocycles. The summed E-state index contributed by atoms with van der Waals surface area (Å²) in [5.74, 6) is 0.974. The molecule has 39 heavy (non-hydrogen) atoms. The minimum Gasteiger partial charge on any atom is -0.494 e. The molecule has 0 radical (unpaired) electrons. The van der Waals surface area contributed by atoms with Crippen molar-refractivity contribution in [2.75, 3.05) is 49.8 Å². The van der Waals surface area contributed by atoms with Crippen LogP contribution >= 0.6 is 0 Å². The molecule has 10 heteroatoms. The molecular formula is C29H34N8O2. The number of nitrogens with one attached hydrogen (secondary N) is 2. The quantitative estimate of drug-likeness (QED) is 0.325. The van der Waals surface area contributed by atoms with Gasteiger partial charge in [0, 0.05) is 49.3 Å². The molecule has 2 aromatic heterocycles. The van der Waals surface area contributed by atoms with Gasteiger partial charge in [-0.3, -0.25) is 9.48 Å². The highest BCUT2D eigenvalue weighted by molar-refractivity contribution is 6.02. The van der Waals surface area contributed by atoms with Gasteiger partial charge in [-0.05, 0) is 45.1 Å². The number of nitrogens with zero attached hydrogens (tertiary/aromatic N) is 6. The SMILES string of the molecule is C=CC(=O)Nc1cc(Nc2cc(-c3ccc4cnn(C)c4c3)ncn2)c(OC)cc1N1CCC(N(C)C)CC1. The van der Waals surface area contributed by atoms with Crippen molar-refractivity contribution in [2.45, 2.75) is 18.9 Å². The highest BCUT2D eigenvalue weighted by Gasteiger charge is 2.24. The molecule has 0 unspecified atom stereocenters. The summed E-state index contributed by atoms with van der Waals surface area (Å²) >= 11 is 0. The number of aryl methyl sites for hydroxylation is 1. The molecule has 1 saturated heterocycles. The van der Waals surface area contributed by atoms with Crippen LogP contribution in [-0.2, 0) is 11.8 Å². The van der Waals surface area contributed by atoms with E-state index in [0.717, 1.165) is 53.8 Å². The average molecular weight is 527 g/mol. The molecule has 0 aliphatic carbocycles. The van der Waals surface area contributed by atoms with Gasteiger partial charge < -0.3 is 25.2 Å². The molecule has 1 aliphatic heterocycles. The Hall–Kier alpha value is -4.44. The number of methoxy groups -OCH3 is 1. The van der Waals surface area contributed by atoms with Crippen LogP contribution in [0.5, 0.6) is 5.75 Å². The predicted molar refractivity (Wildman–Crippen MR) is 156 cm³/mol. The highest BCUT2D eigenvalue weighted by atomic mass is 16.5. The van der Waals surface area contributed by atoms with Crippen molar-refractivity contribution in [2.24, 2.45) is 7.05 Å². The Balaban J connectivity index is 1.46. The second kappa shape index (κ2) is 11.1. The van der Waals surface area contributed by atoms with E-state index in [0.29, 0.717) is 29.0 Å². The smallest absolute Gasteiger partial charge is 0.247 e. The van der Waals surface area contributed by atoms with Crippen LogP contribution in [0.2, 0.25) is 0 Å². The minimum atomic E-state index is -0.273. The summed E-state index contributed by atoms with van der Waals surface area (Å²) in [6.45, 7) is 5.38. The van der Waals surface area contributed by atoms with E-state index in [1.807, 2.05) is 48.3 Å². The van der Waals surface area contributed by atoms with Gasteiger partial charge in [0.05, 0.1) is 41.6 Å². The molecule has 2 N–H and O–H groups in total. The third-order valence-electron chi connectivity index (χ3n) is 7.27. The summed E-state index contributed by atoms with van der Waals surface area (Å²) in [6, 6.07) is 12.4. The number of hydrogen-bond donors (Lipinski definition) is 2. The first-order chi connectivity index (χ1) is 18.9. The molecule has 202 valence electrons. The van der Waals surface area contributed by atoms with Crippen LogP contribution in [0.4, 0.5) is 22.9 Å². The molecule has 0 atom stereocenters. The number of rotatable bonds is 8. The molecule has 10 nitrogen and oxygen atoms in total. The summed E-state index contributed by atoms with van der Waals surface area (Å²) < 4.78 is 7.62. The predicted octanol–water partition coefficient (Wildman–Crippen LogP) is 4.44. The second-order valence-corrected chi connectivity index (χ2v) is 9.90. The molecule has 4 aromatic rings. The normalized spacial score (nSPS) is 14.0. The molecule has 1 amide bonds. The van der Waals surface area contributed by atoms with E-state index in [9.17, 15) is 4.79 Å². The van der Waals surface area contributed by atoms with Gasteiger partial charge in [0.2, 0.25) is 5.91 Å². The van der Waals surface area contributed by atoms with Gasteiger partial charge in [-0.2, -0.15) is 5.10 Å². The molecule has 0 saturated carbocycles. The Kier molecular flexibility index (Phi) is 7.47. The summed E-state index contributed by atoms with van der Waals surface area (Å²) in [7, 11) is 7.80. The number of amides is 1. The molecular weight excluding hydrogens is 492 g/mol. The number of ether oxygens (including phenoxy) is 1. The van der Waals surface area contributed by atoms with E-state index < -0.39 is 0 Å².